The summed E-state index contributed by atoms with van der Waals surface area (Å²) in [4.78, 5) is 44.2. The zero-order chi connectivity index (χ0) is 31.1. The lowest BCUT2D eigenvalue weighted by atomic mass is 9.96. The molecular weight excluding hydrogens is 572 g/mol. The Kier molecular flexibility index (Phi) is 10.4. The van der Waals surface area contributed by atoms with Gasteiger partial charge in [0.2, 0.25) is 0 Å². The van der Waals surface area contributed by atoms with E-state index in [-0.39, 0.29) is 24.9 Å². The van der Waals surface area contributed by atoms with Gasteiger partial charge in [-0.15, -0.1) is 0 Å². The smallest absolute Gasteiger partial charge is 0.344 e. The number of carbonyl (C=O) groups is 2. The van der Waals surface area contributed by atoms with Crippen LogP contribution in [0.2, 0.25) is 0 Å². The second kappa shape index (κ2) is 14.2. The van der Waals surface area contributed by atoms with Gasteiger partial charge in [0.25, 0.3) is 5.56 Å². The van der Waals surface area contributed by atoms with Gasteiger partial charge < -0.3 is 23.7 Å². The second-order valence-corrected chi connectivity index (χ2v) is 10.8. The van der Waals surface area contributed by atoms with Crippen LogP contribution >= 0.6 is 11.3 Å². The molecule has 1 aliphatic rings. The number of esters is 2. The van der Waals surface area contributed by atoms with Gasteiger partial charge in [-0.3, -0.25) is 9.36 Å². The number of aromatic nitrogens is 1. The van der Waals surface area contributed by atoms with Crippen molar-refractivity contribution in [3.63, 3.8) is 0 Å². The summed E-state index contributed by atoms with van der Waals surface area (Å²) in [5.74, 6) is 0.488. The summed E-state index contributed by atoms with van der Waals surface area (Å²) in [6.07, 6.45) is 1.39. The Morgan fingerprint density at radius 3 is 2.35 bits per heavy atom. The Bertz CT molecular complexity index is 1690. The minimum absolute atomic E-state index is 0.252. The Balaban J connectivity index is 1.79. The molecule has 4 rings (SSSR count). The average molecular weight is 609 g/mol. The van der Waals surface area contributed by atoms with Gasteiger partial charge in [0.1, 0.15) is 5.75 Å². The summed E-state index contributed by atoms with van der Waals surface area (Å²) in [5, 5.41) is 0. The third kappa shape index (κ3) is 7.34. The van der Waals surface area contributed by atoms with Crippen molar-refractivity contribution < 1.29 is 33.3 Å². The highest BCUT2D eigenvalue weighted by Gasteiger charge is 2.33. The van der Waals surface area contributed by atoms with Crippen LogP contribution in [0.25, 0.3) is 6.08 Å². The van der Waals surface area contributed by atoms with Crippen LogP contribution in [0.4, 0.5) is 0 Å². The molecule has 0 aliphatic carbocycles. The monoisotopic (exact) mass is 608 g/mol. The first-order valence-electron chi connectivity index (χ1n) is 14.2. The van der Waals surface area contributed by atoms with E-state index in [1.165, 1.54) is 15.9 Å². The molecule has 0 amide bonds. The molecule has 3 aromatic rings. The van der Waals surface area contributed by atoms with E-state index < -0.39 is 18.0 Å². The van der Waals surface area contributed by atoms with Crippen molar-refractivity contribution in [1.82, 2.24) is 4.57 Å². The van der Waals surface area contributed by atoms with Gasteiger partial charge in [-0.25, -0.2) is 14.6 Å². The zero-order valence-electron chi connectivity index (χ0n) is 25.2. The predicted octanol–water partition coefficient (Wildman–Crippen LogP) is 3.93. The molecule has 1 aliphatic heterocycles. The van der Waals surface area contributed by atoms with Crippen LogP contribution in [0.3, 0.4) is 0 Å². The summed E-state index contributed by atoms with van der Waals surface area (Å²) in [6.45, 7) is 11.7. The number of benzene rings is 2. The molecule has 2 aromatic carbocycles. The highest BCUT2D eigenvalue weighted by atomic mass is 32.1. The third-order valence-corrected chi connectivity index (χ3v) is 7.29. The number of hydrogen-bond acceptors (Lipinski definition) is 10. The summed E-state index contributed by atoms with van der Waals surface area (Å²) in [5.41, 5.74) is 1.90. The van der Waals surface area contributed by atoms with E-state index in [2.05, 4.69) is 4.99 Å². The summed E-state index contributed by atoms with van der Waals surface area (Å²) < 4.78 is 29.4. The van der Waals surface area contributed by atoms with E-state index in [9.17, 15) is 14.4 Å². The summed E-state index contributed by atoms with van der Waals surface area (Å²) >= 11 is 1.22. The van der Waals surface area contributed by atoms with Gasteiger partial charge in [0.05, 0.1) is 47.8 Å². The highest BCUT2D eigenvalue weighted by Crippen LogP contribution is 2.32. The van der Waals surface area contributed by atoms with Crippen LogP contribution in [-0.2, 0) is 19.1 Å². The molecule has 0 radical (unpaired) electrons. The van der Waals surface area contributed by atoms with Crippen LogP contribution in [0.1, 0.15) is 58.7 Å². The number of allylic oxidation sites excluding steroid dienone is 1. The molecule has 0 fully saturated rings. The first-order valence-corrected chi connectivity index (χ1v) is 15.0. The van der Waals surface area contributed by atoms with E-state index in [4.69, 9.17) is 23.7 Å². The molecule has 0 saturated heterocycles. The molecule has 0 unspecified atom stereocenters. The Hall–Kier alpha value is -4.38. The fraction of sp³-hybridized carbons (Fsp3) is 0.375. The minimum Gasteiger partial charge on any atom is -0.494 e. The molecular formula is C32H36N2O8S. The quantitative estimate of drug-likeness (QED) is 0.284. The van der Waals surface area contributed by atoms with Gasteiger partial charge in [0, 0.05) is 0 Å². The first kappa shape index (κ1) is 31.6. The molecule has 11 heteroatoms. The first-order chi connectivity index (χ1) is 20.7. The van der Waals surface area contributed by atoms with E-state index in [1.54, 1.807) is 52.0 Å². The molecule has 0 spiro atoms. The van der Waals surface area contributed by atoms with Crippen molar-refractivity contribution in [3.05, 3.63) is 84.5 Å². The molecule has 1 atom stereocenters. The zero-order valence-corrected chi connectivity index (χ0v) is 26.0. The van der Waals surface area contributed by atoms with Crippen LogP contribution in [0.15, 0.2) is 63.5 Å². The molecule has 1 aromatic heterocycles. The Labute approximate surface area is 253 Å². The summed E-state index contributed by atoms with van der Waals surface area (Å²) in [6, 6.07) is 11.8. The predicted molar refractivity (Wildman–Crippen MR) is 162 cm³/mol. The average Bonchev–Trinajstić information content (AvgIpc) is 3.26. The lowest BCUT2D eigenvalue weighted by Crippen LogP contribution is -2.40. The largest absolute Gasteiger partial charge is 0.494 e. The molecule has 0 bridgehead atoms. The molecule has 43 heavy (non-hydrogen) atoms. The number of nitrogens with zero attached hydrogens (tertiary/aromatic N) is 2. The van der Waals surface area contributed by atoms with Crippen LogP contribution in [0.5, 0.6) is 17.2 Å². The number of fused-ring (bicyclic) bond motifs is 1. The van der Waals surface area contributed by atoms with E-state index in [1.807, 2.05) is 38.1 Å². The second-order valence-electron chi connectivity index (χ2n) is 9.77. The van der Waals surface area contributed by atoms with Crippen molar-refractivity contribution in [2.45, 2.75) is 53.7 Å². The van der Waals surface area contributed by atoms with Gasteiger partial charge >= 0.3 is 11.9 Å². The van der Waals surface area contributed by atoms with E-state index in [0.717, 1.165) is 5.56 Å². The third-order valence-electron chi connectivity index (χ3n) is 6.31. The van der Waals surface area contributed by atoms with Crippen LogP contribution in [-0.4, -0.2) is 49.0 Å². The Morgan fingerprint density at radius 1 is 0.977 bits per heavy atom. The lowest BCUT2D eigenvalue weighted by molar-refractivity contribution is -0.145. The number of rotatable bonds is 12. The highest BCUT2D eigenvalue weighted by molar-refractivity contribution is 7.07. The van der Waals surface area contributed by atoms with Crippen LogP contribution in [0, 0.1) is 0 Å². The van der Waals surface area contributed by atoms with Gasteiger partial charge in [-0.1, -0.05) is 29.5 Å². The fourth-order valence-electron chi connectivity index (χ4n) is 4.58. The van der Waals surface area contributed by atoms with E-state index >= 15 is 0 Å². The number of thiazole rings is 1. The SMILES string of the molecule is CCOC(=O)COc1ccc(/C=c2/sc3n(c2=O)[C@H](c2ccc(OCC)cc2)C(C(=O)OC(C)C)=C(C)N=3)cc1OCC. The van der Waals surface area contributed by atoms with E-state index in [0.29, 0.717) is 56.6 Å². The van der Waals surface area contributed by atoms with Crippen molar-refractivity contribution in [1.29, 1.82) is 0 Å². The molecule has 0 N–H and O–H groups in total. The molecule has 0 saturated carbocycles. The molecule has 10 nitrogen and oxygen atoms in total. The number of hydrogen-bond donors (Lipinski definition) is 0. The topological polar surface area (TPSA) is 115 Å². The molecule has 2 heterocycles. The maximum Gasteiger partial charge on any atom is 0.344 e. The fourth-order valence-corrected chi connectivity index (χ4v) is 5.63. The summed E-state index contributed by atoms with van der Waals surface area (Å²) in [7, 11) is 0. The van der Waals surface area contributed by atoms with Gasteiger partial charge in [-0.2, -0.15) is 0 Å². The van der Waals surface area contributed by atoms with Crippen molar-refractivity contribution in [3.8, 4) is 17.2 Å². The minimum atomic E-state index is -0.738. The van der Waals surface area contributed by atoms with Gasteiger partial charge in [-0.05, 0) is 83.0 Å². The van der Waals surface area contributed by atoms with Crippen molar-refractivity contribution in [2.24, 2.45) is 4.99 Å². The lowest BCUT2D eigenvalue weighted by Gasteiger charge is -2.25. The normalized spacial score (nSPS) is 14.7. The Morgan fingerprint density at radius 2 is 1.70 bits per heavy atom. The number of ether oxygens (including phenoxy) is 5. The van der Waals surface area contributed by atoms with Crippen LogP contribution < -0.4 is 29.1 Å². The van der Waals surface area contributed by atoms with Gasteiger partial charge in [0.15, 0.2) is 22.9 Å². The maximum absolute atomic E-state index is 14.0. The number of carbonyl (C=O) groups excluding carboxylic acids is 2. The van der Waals surface area contributed by atoms with Crippen molar-refractivity contribution >= 4 is 29.4 Å². The van der Waals surface area contributed by atoms with Crippen molar-refractivity contribution in [2.75, 3.05) is 26.4 Å². The standard InChI is InChI=1S/C32H36N2O8S/c1-7-38-23-13-11-22(12-14-23)29-28(31(37)42-19(4)5)20(6)33-32-34(29)30(36)26(43-32)17-21-10-15-24(25(16-21)39-8-2)41-18-27(35)40-9-3/h10-17,19,29H,7-9,18H2,1-6H3/b26-17+/t29-/m1/s1. The molecule has 228 valence electrons. The maximum atomic E-state index is 14.0.